The second-order valence-electron chi connectivity index (χ2n) is 4.62. The van der Waals surface area contributed by atoms with E-state index in [1.54, 1.807) is 7.05 Å². The van der Waals surface area contributed by atoms with Crippen LogP contribution in [0.25, 0.3) is 0 Å². The summed E-state index contributed by atoms with van der Waals surface area (Å²) in [6, 6.07) is 4.00. The molecule has 2 amide bonds. The Hall–Kier alpha value is -2.05. The summed E-state index contributed by atoms with van der Waals surface area (Å²) >= 11 is 0. The zero-order valence-corrected chi connectivity index (χ0v) is 10.8. The maximum absolute atomic E-state index is 12.4. The summed E-state index contributed by atoms with van der Waals surface area (Å²) in [5.74, 6) is -0.614. The zero-order chi connectivity index (χ0) is 14.9. The molecule has 0 unspecified atom stereocenters. The lowest BCUT2D eigenvalue weighted by molar-refractivity contribution is -0.137. The minimum absolute atomic E-state index is 0.0453. The van der Waals surface area contributed by atoms with Crippen molar-refractivity contribution in [2.24, 2.45) is 0 Å². The summed E-state index contributed by atoms with van der Waals surface area (Å²) < 4.78 is 37.3. The molecule has 1 fully saturated rings. The van der Waals surface area contributed by atoms with Gasteiger partial charge in [-0.25, -0.2) is 0 Å². The van der Waals surface area contributed by atoms with Crippen LogP contribution in [-0.4, -0.2) is 48.3 Å². The molecule has 1 saturated heterocycles. The van der Waals surface area contributed by atoms with Gasteiger partial charge in [-0.05, 0) is 24.3 Å². The van der Waals surface area contributed by atoms with Crippen molar-refractivity contribution in [2.45, 2.75) is 6.18 Å². The molecule has 0 radical (unpaired) electrons. The third-order valence-electron chi connectivity index (χ3n) is 3.20. The van der Waals surface area contributed by atoms with E-state index in [4.69, 9.17) is 0 Å². The molecule has 0 bridgehead atoms. The lowest BCUT2D eigenvalue weighted by Crippen LogP contribution is -2.50. The minimum atomic E-state index is -4.43. The van der Waals surface area contributed by atoms with E-state index in [0.717, 1.165) is 24.3 Å². The summed E-state index contributed by atoms with van der Waals surface area (Å²) in [6.07, 6.45) is -4.43. The lowest BCUT2D eigenvalue weighted by Gasteiger charge is -2.32. The summed E-state index contributed by atoms with van der Waals surface area (Å²) in [5.41, 5.74) is -0.654. The molecule has 1 heterocycles. The molecule has 0 saturated carbocycles. The van der Waals surface area contributed by atoms with Crippen molar-refractivity contribution in [3.05, 3.63) is 35.4 Å². The van der Waals surface area contributed by atoms with Gasteiger partial charge >= 0.3 is 6.18 Å². The maximum Gasteiger partial charge on any atom is 0.416 e. The topological polar surface area (TPSA) is 40.6 Å². The van der Waals surface area contributed by atoms with Crippen LogP contribution in [0.2, 0.25) is 0 Å². The first-order valence-electron chi connectivity index (χ1n) is 5.99. The molecule has 4 nitrogen and oxygen atoms in total. The van der Waals surface area contributed by atoms with Crippen LogP contribution in [0.3, 0.4) is 0 Å². The Labute approximate surface area is 113 Å². The van der Waals surface area contributed by atoms with E-state index in [1.807, 2.05) is 0 Å². The first kappa shape index (κ1) is 14.4. The fourth-order valence-electron chi connectivity index (χ4n) is 1.92. The molecule has 108 valence electrons. The van der Waals surface area contributed by atoms with Crippen LogP contribution in [0.4, 0.5) is 13.2 Å². The Kier molecular flexibility index (Phi) is 3.69. The number of amides is 2. The van der Waals surface area contributed by atoms with Crippen molar-refractivity contribution in [1.82, 2.24) is 9.80 Å². The van der Waals surface area contributed by atoms with Crippen molar-refractivity contribution < 1.29 is 22.8 Å². The number of piperazine rings is 1. The predicted octanol–water partition coefficient (Wildman–Crippen LogP) is 1.62. The Morgan fingerprint density at radius 2 is 1.75 bits per heavy atom. The molecule has 1 aromatic rings. The van der Waals surface area contributed by atoms with Crippen molar-refractivity contribution in [3.8, 4) is 0 Å². The Morgan fingerprint density at radius 1 is 1.15 bits per heavy atom. The second kappa shape index (κ2) is 5.15. The standard InChI is InChI=1S/C13H13F3N2O2/c1-17-6-7-18(8-11(17)19)12(20)9-2-4-10(5-3-9)13(14,15)16/h2-5H,6-8H2,1H3. The van der Waals surface area contributed by atoms with Crippen LogP contribution >= 0.6 is 0 Å². The Balaban J connectivity index is 2.12. The van der Waals surface area contributed by atoms with Gasteiger partial charge in [-0.1, -0.05) is 0 Å². The molecule has 0 aliphatic carbocycles. The third kappa shape index (κ3) is 2.92. The molecule has 7 heteroatoms. The molecule has 0 N–H and O–H groups in total. The number of carbonyl (C=O) groups excluding carboxylic acids is 2. The number of benzene rings is 1. The highest BCUT2D eigenvalue weighted by Crippen LogP contribution is 2.29. The zero-order valence-electron chi connectivity index (χ0n) is 10.8. The highest BCUT2D eigenvalue weighted by atomic mass is 19.4. The molecule has 1 aromatic carbocycles. The number of nitrogens with zero attached hydrogens (tertiary/aromatic N) is 2. The Morgan fingerprint density at radius 3 is 2.25 bits per heavy atom. The van der Waals surface area contributed by atoms with E-state index in [9.17, 15) is 22.8 Å². The van der Waals surface area contributed by atoms with E-state index < -0.39 is 17.6 Å². The van der Waals surface area contributed by atoms with Crippen molar-refractivity contribution in [2.75, 3.05) is 26.7 Å². The van der Waals surface area contributed by atoms with Gasteiger partial charge in [0.25, 0.3) is 5.91 Å². The largest absolute Gasteiger partial charge is 0.416 e. The van der Waals surface area contributed by atoms with Crippen LogP contribution in [-0.2, 0) is 11.0 Å². The number of halogens is 3. The molecule has 1 aliphatic heterocycles. The average molecular weight is 286 g/mol. The van der Waals surface area contributed by atoms with E-state index >= 15 is 0 Å². The van der Waals surface area contributed by atoms with E-state index in [2.05, 4.69) is 0 Å². The monoisotopic (exact) mass is 286 g/mol. The SMILES string of the molecule is CN1CCN(C(=O)c2ccc(C(F)(F)F)cc2)CC1=O. The summed E-state index contributed by atoms with van der Waals surface area (Å²) in [4.78, 5) is 26.4. The van der Waals surface area contributed by atoms with Gasteiger partial charge in [0.05, 0.1) is 5.56 Å². The van der Waals surface area contributed by atoms with Gasteiger partial charge in [-0.3, -0.25) is 9.59 Å². The third-order valence-corrected chi connectivity index (χ3v) is 3.20. The minimum Gasteiger partial charge on any atom is -0.342 e. The van der Waals surface area contributed by atoms with E-state index in [0.29, 0.717) is 13.1 Å². The number of likely N-dealkylation sites (N-methyl/N-ethyl adjacent to an activating group) is 1. The van der Waals surface area contributed by atoms with Gasteiger partial charge < -0.3 is 9.80 Å². The van der Waals surface area contributed by atoms with Crippen LogP contribution in [0.5, 0.6) is 0 Å². The highest BCUT2D eigenvalue weighted by Gasteiger charge is 2.31. The van der Waals surface area contributed by atoms with Crippen molar-refractivity contribution in [3.63, 3.8) is 0 Å². The number of hydrogen-bond acceptors (Lipinski definition) is 2. The second-order valence-corrected chi connectivity index (χ2v) is 4.62. The van der Waals surface area contributed by atoms with E-state index in [1.165, 1.54) is 9.80 Å². The van der Waals surface area contributed by atoms with Gasteiger partial charge in [0.2, 0.25) is 5.91 Å². The quantitative estimate of drug-likeness (QED) is 0.787. The Bertz CT molecular complexity index is 525. The van der Waals surface area contributed by atoms with Crippen LogP contribution in [0.15, 0.2) is 24.3 Å². The smallest absolute Gasteiger partial charge is 0.342 e. The average Bonchev–Trinajstić information content (AvgIpc) is 2.40. The number of alkyl halides is 3. The van der Waals surface area contributed by atoms with Crippen molar-refractivity contribution >= 4 is 11.8 Å². The lowest BCUT2D eigenvalue weighted by atomic mass is 10.1. The number of hydrogen-bond donors (Lipinski definition) is 0. The number of carbonyl (C=O) groups is 2. The van der Waals surface area contributed by atoms with Crippen LogP contribution in [0.1, 0.15) is 15.9 Å². The molecule has 20 heavy (non-hydrogen) atoms. The molecule has 0 spiro atoms. The predicted molar refractivity (Wildman–Crippen MR) is 65.0 cm³/mol. The first-order valence-corrected chi connectivity index (χ1v) is 5.99. The van der Waals surface area contributed by atoms with Gasteiger partial charge in [0, 0.05) is 25.7 Å². The number of rotatable bonds is 1. The van der Waals surface area contributed by atoms with Crippen LogP contribution in [0, 0.1) is 0 Å². The summed E-state index contributed by atoms with van der Waals surface area (Å²) in [7, 11) is 1.64. The maximum atomic E-state index is 12.4. The van der Waals surface area contributed by atoms with Gasteiger partial charge in [0.1, 0.15) is 6.54 Å². The molecular weight excluding hydrogens is 273 g/mol. The highest BCUT2D eigenvalue weighted by molar-refractivity contribution is 5.97. The molecule has 0 aromatic heterocycles. The fraction of sp³-hybridized carbons (Fsp3) is 0.385. The van der Waals surface area contributed by atoms with E-state index in [-0.39, 0.29) is 18.0 Å². The fourth-order valence-corrected chi connectivity index (χ4v) is 1.92. The normalized spacial score (nSPS) is 16.5. The van der Waals surface area contributed by atoms with Gasteiger partial charge in [0.15, 0.2) is 0 Å². The summed E-state index contributed by atoms with van der Waals surface area (Å²) in [6.45, 7) is 0.754. The van der Waals surface area contributed by atoms with Crippen LogP contribution < -0.4 is 0 Å². The molecular formula is C13H13F3N2O2. The van der Waals surface area contributed by atoms with Crippen molar-refractivity contribution in [1.29, 1.82) is 0 Å². The van der Waals surface area contributed by atoms with Gasteiger partial charge in [-0.2, -0.15) is 13.2 Å². The first-order chi connectivity index (χ1) is 9.29. The molecule has 1 aliphatic rings. The summed E-state index contributed by atoms with van der Waals surface area (Å²) in [5, 5.41) is 0. The molecule has 0 atom stereocenters. The molecule has 2 rings (SSSR count). The van der Waals surface area contributed by atoms with Gasteiger partial charge in [-0.15, -0.1) is 0 Å².